The van der Waals surface area contributed by atoms with E-state index in [9.17, 15) is 4.79 Å². The summed E-state index contributed by atoms with van der Waals surface area (Å²) < 4.78 is 1.78. The molecule has 0 spiro atoms. The van der Waals surface area contributed by atoms with Crippen LogP contribution in [0.4, 0.5) is 0 Å². The third kappa shape index (κ3) is 2.71. The van der Waals surface area contributed by atoms with Gasteiger partial charge in [-0.05, 0) is 6.92 Å². The lowest BCUT2D eigenvalue weighted by Gasteiger charge is -1.96. The van der Waals surface area contributed by atoms with Gasteiger partial charge < -0.3 is 4.57 Å². The van der Waals surface area contributed by atoms with Crippen LogP contribution in [0.15, 0.2) is 36.7 Å². The number of aldehydes is 1. The van der Waals surface area contributed by atoms with Crippen molar-refractivity contribution < 1.29 is 4.79 Å². The van der Waals surface area contributed by atoms with Gasteiger partial charge in [-0.25, -0.2) is 4.98 Å². The van der Waals surface area contributed by atoms with Crippen LogP contribution in [0.2, 0.25) is 0 Å². The molecule has 0 aromatic carbocycles. The van der Waals surface area contributed by atoms with Crippen molar-refractivity contribution in [3.8, 4) is 0 Å². The predicted octanol–water partition coefficient (Wildman–Crippen LogP) is 1.83. The Morgan fingerprint density at radius 1 is 1.54 bits per heavy atom. The molecule has 68 valence electrons. The van der Waals surface area contributed by atoms with Gasteiger partial charge in [-0.3, -0.25) is 4.79 Å². The van der Waals surface area contributed by atoms with Crippen molar-refractivity contribution in [2.24, 2.45) is 0 Å². The lowest BCUT2D eigenvalue weighted by Crippen LogP contribution is -1.99. The first-order chi connectivity index (χ1) is 6.38. The molecule has 0 fully saturated rings. The molecule has 13 heavy (non-hydrogen) atoms. The molecule has 1 rings (SSSR count). The fraction of sp³-hybridized carbons (Fsp3) is 0.200. The zero-order valence-electron chi connectivity index (χ0n) is 7.55. The number of carbonyl (C=O) groups excluding carboxylic acids is 1. The van der Waals surface area contributed by atoms with Gasteiger partial charge in [0, 0.05) is 18.9 Å². The standard InChI is InChI=1S/C10H12N2O/c1-2-3-4-5-7-12-8-6-11-10(12)9-13/h2-6,8-9H,7H2,1H3. The molecule has 0 aliphatic heterocycles. The highest BCUT2D eigenvalue weighted by atomic mass is 16.1. The number of allylic oxidation sites excluding steroid dienone is 4. The summed E-state index contributed by atoms with van der Waals surface area (Å²) in [5, 5.41) is 0. The van der Waals surface area contributed by atoms with E-state index in [1.54, 1.807) is 17.0 Å². The number of nitrogens with zero attached hydrogens (tertiary/aromatic N) is 2. The van der Waals surface area contributed by atoms with Crippen LogP contribution in [0.1, 0.15) is 17.5 Å². The van der Waals surface area contributed by atoms with Gasteiger partial charge in [-0.2, -0.15) is 0 Å². The van der Waals surface area contributed by atoms with Crippen LogP contribution in [0.25, 0.3) is 0 Å². The maximum atomic E-state index is 10.5. The maximum Gasteiger partial charge on any atom is 0.185 e. The molecule has 0 aliphatic carbocycles. The molecule has 3 heteroatoms. The van der Waals surface area contributed by atoms with Crippen molar-refractivity contribution in [3.63, 3.8) is 0 Å². The van der Waals surface area contributed by atoms with E-state index in [4.69, 9.17) is 0 Å². The van der Waals surface area contributed by atoms with Crippen LogP contribution in [-0.2, 0) is 6.54 Å². The average molecular weight is 176 g/mol. The highest BCUT2D eigenvalue weighted by molar-refractivity contribution is 5.69. The molecule has 0 saturated carbocycles. The molecule has 0 aliphatic rings. The van der Waals surface area contributed by atoms with Crippen LogP contribution < -0.4 is 0 Å². The van der Waals surface area contributed by atoms with E-state index in [0.717, 1.165) is 6.29 Å². The second kappa shape index (κ2) is 5.09. The average Bonchev–Trinajstić information content (AvgIpc) is 2.60. The first-order valence-electron chi connectivity index (χ1n) is 4.12. The summed E-state index contributed by atoms with van der Waals surface area (Å²) in [7, 11) is 0. The Morgan fingerprint density at radius 2 is 2.38 bits per heavy atom. The second-order valence-electron chi connectivity index (χ2n) is 2.51. The summed E-state index contributed by atoms with van der Waals surface area (Å²) in [6, 6.07) is 0. The Labute approximate surface area is 77.4 Å². The van der Waals surface area contributed by atoms with Gasteiger partial charge in [0.2, 0.25) is 0 Å². The third-order valence-corrected chi connectivity index (χ3v) is 1.59. The van der Waals surface area contributed by atoms with Crippen molar-refractivity contribution in [3.05, 3.63) is 42.5 Å². The van der Waals surface area contributed by atoms with Crippen molar-refractivity contribution in [1.82, 2.24) is 9.55 Å². The quantitative estimate of drug-likeness (QED) is 0.518. The maximum absolute atomic E-state index is 10.5. The fourth-order valence-corrected chi connectivity index (χ4v) is 0.957. The molecule has 1 aromatic heterocycles. The zero-order chi connectivity index (χ0) is 9.52. The molecular formula is C10H12N2O. The van der Waals surface area contributed by atoms with Crippen LogP contribution in [0.3, 0.4) is 0 Å². The van der Waals surface area contributed by atoms with E-state index in [1.165, 1.54) is 0 Å². The van der Waals surface area contributed by atoms with Crippen molar-refractivity contribution >= 4 is 6.29 Å². The zero-order valence-corrected chi connectivity index (χ0v) is 7.55. The van der Waals surface area contributed by atoms with E-state index in [-0.39, 0.29) is 0 Å². The summed E-state index contributed by atoms with van der Waals surface area (Å²) >= 11 is 0. The Morgan fingerprint density at radius 3 is 3.08 bits per heavy atom. The minimum Gasteiger partial charge on any atom is -0.325 e. The Balaban J connectivity index is 2.58. The summed E-state index contributed by atoms with van der Waals surface area (Å²) in [6.07, 6.45) is 12.0. The number of hydrogen-bond donors (Lipinski definition) is 0. The van der Waals surface area contributed by atoms with E-state index < -0.39 is 0 Å². The largest absolute Gasteiger partial charge is 0.325 e. The number of rotatable bonds is 4. The molecule has 3 nitrogen and oxygen atoms in total. The highest BCUT2D eigenvalue weighted by Gasteiger charge is 1.96. The molecule has 1 heterocycles. The van der Waals surface area contributed by atoms with Crippen LogP contribution >= 0.6 is 0 Å². The van der Waals surface area contributed by atoms with Gasteiger partial charge in [0.15, 0.2) is 12.1 Å². The first kappa shape index (κ1) is 9.45. The first-order valence-corrected chi connectivity index (χ1v) is 4.12. The van der Waals surface area contributed by atoms with Gasteiger partial charge in [0.25, 0.3) is 0 Å². The summed E-state index contributed by atoms with van der Waals surface area (Å²) in [5.74, 6) is 0.463. The molecule has 1 aromatic rings. The smallest absolute Gasteiger partial charge is 0.185 e. The van der Waals surface area contributed by atoms with E-state index in [0.29, 0.717) is 12.4 Å². The number of carbonyl (C=O) groups is 1. The minimum absolute atomic E-state index is 0.463. The Hall–Kier alpha value is -1.64. The fourth-order valence-electron chi connectivity index (χ4n) is 0.957. The minimum atomic E-state index is 0.463. The number of hydrogen-bond acceptors (Lipinski definition) is 2. The van der Waals surface area contributed by atoms with Crippen LogP contribution in [0, 0.1) is 0 Å². The topological polar surface area (TPSA) is 34.9 Å². The second-order valence-corrected chi connectivity index (χ2v) is 2.51. The number of imidazole rings is 1. The van der Waals surface area contributed by atoms with Crippen LogP contribution in [0.5, 0.6) is 0 Å². The van der Waals surface area contributed by atoms with Gasteiger partial charge in [-0.1, -0.05) is 24.3 Å². The summed E-state index contributed by atoms with van der Waals surface area (Å²) in [6.45, 7) is 2.64. The van der Waals surface area contributed by atoms with Gasteiger partial charge in [0.05, 0.1) is 0 Å². The van der Waals surface area contributed by atoms with E-state index in [2.05, 4.69) is 4.98 Å². The molecule has 0 radical (unpaired) electrons. The van der Waals surface area contributed by atoms with E-state index >= 15 is 0 Å². The summed E-state index contributed by atoms with van der Waals surface area (Å²) in [4.78, 5) is 14.3. The molecule has 0 amide bonds. The van der Waals surface area contributed by atoms with Crippen LogP contribution in [-0.4, -0.2) is 15.8 Å². The molecule has 0 unspecified atom stereocenters. The third-order valence-electron chi connectivity index (χ3n) is 1.59. The van der Waals surface area contributed by atoms with Crippen molar-refractivity contribution in [2.45, 2.75) is 13.5 Å². The monoisotopic (exact) mass is 176 g/mol. The highest BCUT2D eigenvalue weighted by Crippen LogP contribution is 1.94. The molecular weight excluding hydrogens is 164 g/mol. The molecule has 0 atom stereocenters. The van der Waals surface area contributed by atoms with E-state index in [1.807, 2.05) is 31.2 Å². The number of aromatic nitrogens is 2. The van der Waals surface area contributed by atoms with Gasteiger partial charge in [-0.15, -0.1) is 0 Å². The lowest BCUT2D eigenvalue weighted by atomic mass is 10.4. The van der Waals surface area contributed by atoms with Gasteiger partial charge >= 0.3 is 0 Å². The van der Waals surface area contributed by atoms with Gasteiger partial charge in [0.1, 0.15) is 0 Å². The Bertz CT molecular complexity index is 323. The predicted molar refractivity (Wildman–Crippen MR) is 51.6 cm³/mol. The molecule has 0 saturated heterocycles. The molecule has 0 N–H and O–H groups in total. The van der Waals surface area contributed by atoms with Crippen molar-refractivity contribution in [2.75, 3.05) is 0 Å². The summed E-state index contributed by atoms with van der Waals surface area (Å²) in [5.41, 5.74) is 0. The molecule has 0 bridgehead atoms. The van der Waals surface area contributed by atoms with Crippen molar-refractivity contribution in [1.29, 1.82) is 0 Å². The lowest BCUT2D eigenvalue weighted by molar-refractivity contribution is 0.111. The Kier molecular flexibility index (Phi) is 3.70. The normalized spacial score (nSPS) is 11.5. The SMILES string of the molecule is CC=CC=CCn1ccnc1C=O.